The minimum absolute atomic E-state index is 0.969. The summed E-state index contributed by atoms with van der Waals surface area (Å²) in [5, 5.41) is 0. The normalized spacial score (nSPS) is 38.2. The highest BCUT2D eigenvalue weighted by atomic mass is 32.2. The first-order valence-corrected chi connectivity index (χ1v) is 6.80. The Balaban J connectivity index is 1.84. The average Bonchev–Trinajstić information content (AvgIpc) is 2.70. The van der Waals surface area contributed by atoms with E-state index in [0.717, 1.165) is 11.8 Å². The molecule has 2 unspecified atom stereocenters. The van der Waals surface area contributed by atoms with Crippen molar-refractivity contribution in [3.63, 3.8) is 0 Å². The van der Waals surface area contributed by atoms with Crippen LogP contribution in [0.1, 0.15) is 45.4 Å². The summed E-state index contributed by atoms with van der Waals surface area (Å²) in [6.07, 6.45) is 10.9. The summed E-state index contributed by atoms with van der Waals surface area (Å²) in [7, 11) is 0. The molecule has 0 nitrogen and oxygen atoms in total. The van der Waals surface area contributed by atoms with Gasteiger partial charge in [-0.15, -0.1) is 0 Å². The van der Waals surface area contributed by atoms with Gasteiger partial charge in [-0.1, -0.05) is 36.8 Å². The van der Waals surface area contributed by atoms with Gasteiger partial charge in [-0.3, -0.25) is 0 Å². The largest absolute Gasteiger partial charge is 0.0987 e. The van der Waals surface area contributed by atoms with Crippen LogP contribution in [0.3, 0.4) is 0 Å². The lowest BCUT2D eigenvalue weighted by molar-refractivity contribution is 0.370. The number of fused-ring (bicyclic) bond motifs is 4. The van der Waals surface area contributed by atoms with E-state index in [1.165, 1.54) is 38.5 Å². The first-order chi connectivity index (χ1) is 6.88. The maximum absolute atomic E-state index is 2.43. The molecular weight excluding hydrogens is 188 g/mol. The number of hydrogen-bond donors (Lipinski definition) is 0. The van der Waals surface area contributed by atoms with Crippen molar-refractivity contribution < 1.29 is 0 Å². The summed E-state index contributed by atoms with van der Waals surface area (Å²) in [4.78, 5) is 3.45. The molecule has 0 aromatic heterocycles. The van der Waals surface area contributed by atoms with Gasteiger partial charge in [0.15, 0.2) is 0 Å². The van der Waals surface area contributed by atoms with E-state index < -0.39 is 0 Å². The van der Waals surface area contributed by atoms with Gasteiger partial charge in [0.05, 0.1) is 0 Å². The lowest BCUT2D eigenvalue weighted by Crippen LogP contribution is -2.09. The fourth-order valence-corrected chi connectivity index (χ4v) is 4.81. The van der Waals surface area contributed by atoms with Gasteiger partial charge >= 0.3 is 0 Å². The van der Waals surface area contributed by atoms with Crippen molar-refractivity contribution in [3.05, 3.63) is 21.5 Å². The van der Waals surface area contributed by atoms with Crippen LogP contribution < -0.4 is 0 Å². The van der Waals surface area contributed by atoms with Crippen LogP contribution in [0.25, 0.3) is 0 Å². The second-order valence-corrected chi connectivity index (χ2v) is 5.98. The molecule has 1 heterocycles. The standard InChI is InChI=1S/C13H18S/c1-2-4-11-8-12-9-5-3-6-10(7-9)13(12)14-11/h4,9-10H,2-3,5-8H2,1H3. The van der Waals surface area contributed by atoms with E-state index in [-0.39, 0.29) is 0 Å². The Hall–Kier alpha value is -0.170. The van der Waals surface area contributed by atoms with Crippen molar-refractivity contribution in [3.8, 4) is 0 Å². The molecule has 0 aromatic rings. The molecule has 0 aromatic carbocycles. The van der Waals surface area contributed by atoms with Crippen molar-refractivity contribution >= 4 is 11.8 Å². The maximum Gasteiger partial charge on any atom is 0.000725 e. The monoisotopic (exact) mass is 206 g/mol. The summed E-state index contributed by atoms with van der Waals surface area (Å²) < 4.78 is 0. The maximum atomic E-state index is 2.43. The molecule has 1 fully saturated rings. The summed E-state index contributed by atoms with van der Waals surface area (Å²) in [5.41, 5.74) is 1.84. The zero-order valence-corrected chi connectivity index (χ0v) is 9.70. The van der Waals surface area contributed by atoms with E-state index in [1.54, 1.807) is 9.81 Å². The Morgan fingerprint density at radius 1 is 1.36 bits per heavy atom. The molecule has 0 amide bonds. The van der Waals surface area contributed by atoms with Gasteiger partial charge in [-0.05, 0) is 47.3 Å². The smallest absolute Gasteiger partial charge is 0.000725 e. The third kappa shape index (κ3) is 1.29. The van der Waals surface area contributed by atoms with Gasteiger partial charge in [-0.2, -0.15) is 0 Å². The number of rotatable bonds is 1. The molecule has 1 saturated carbocycles. The molecule has 1 heteroatoms. The summed E-state index contributed by atoms with van der Waals surface area (Å²) >= 11 is 2.12. The van der Waals surface area contributed by atoms with Crippen LogP contribution in [0.5, 0.6) is 0 Å². The number of thioether (sulfide) groups is 1. The topological polar surface area (TPSA) is 0 Å². The molecule has 0 N–H and O–H groups in total. The predicted molar refractivity (Wildman–Crippen MR) is 63.1 cm³/mol. The predicted octanol–water partition coefficient (Wildman–Crippen LogP) is 4.49. The van der Waals surface area contributed by atoms with Crippen LogP contribution in [0.15, 0.2) is 21.5 Å². The summed E-state index contributed by atoms with van der Waals surface area (Å²) in [6.45, 7) is 2.25. The molecule has 2 aliphatic carbocycles. The van der Waals surface area contributed by atoms with Crippen molar-refractivity contribution in [2.45, 2.75) is 45.4 Å². The van der Waals surface area contributed by atoms with Crippen molar-refractivity contribution in [1.29, 1.82) is 0 Å². The second-order valence-electron chi connectivity index (χ2n) is 4.81. The van der Waals surface area contributed by atoms with Crippen LogP contribution in [-0.2, 0) is 0 Å². The van der Waals surface area contributed by atoms with E-state index in [2.05, 4.69) is 24.8 Å². The van der Waals surface area contributed by atoms with Gasteiger partial charge in [-0.25, -0.2) is 0 Å². The molecule has 0 radical (unpaired) electrons. The molecule has 3 aliphatic rings. The van der Waals surface area contributed by atoms with Crippen molar-refractivity contribution in [1.82, 2.24) is 0 Å². The summed E-state index contributed by atoms with van der Waals surface area (Å²) in [5.74, 6) is 1.95. The molecule has 3 rings (SSSR count). The molecule has 0 saturated heterocycles. The zero-order valence-electron chi connectivity index (χ0n) is 8.88. The van der Waals surface area contributed by atoms with E-state index in [1.807, 2.05) is 5.57 Å². The van der Waals surface area contributed by atoms with E-state index in [0.29, 0.717) is 0 Å². The molecule has 2 bridgehead atoms. The van der Waals surface area contributed by atoms with Crippen LogP contribution in [-0.4, -0.2) is 0 Å². The Bertz CT molecular complexity index is 287. The van der Waals surface area contributed by atoms with Gasteiger partial charge in [0.2, 0.25) is 0 Å². The SMILES string of the molecule is CCC=C1CC2=C(S1)C1CCCC2C1. The minimum atomic E-state index is 0.969. The highest BCUT2D eigenvalue weighted by Crippen LogP contribution is 2.58. The van der Waals surface area contributed by atoms with Crippen molar-refractivity contribution in [2.75, 3.05) is 0 Å². The fourth-order valence-electron chi connectivity index (χ4n) is 3.29. The molecular formula is C13H18S. The first kappa shape index (κ1) is 9.08. The van der Waals surface area contributed by atoms with E-state index >= 15 is 0 Å². The molecule has 1 aliphatic heterocycles. The second kappa shape index (κ2) is 3.44. The fraction of sp³-hybridized carbons (Fsp3) is 0.692. The average molecular weight is 206 g/mol. The molecule has 76 valence electrons. The molecule has 0 spiro atoms. The number of allylic oxidation sites excluding steroid dienone is 4. The third-order valence-corrected chi connectivity index (χ3v) is 5.28. The van der Waals surface area contributed by atoms with Crippen LogP contribution >= 0.6 is 11.8 Å². The molecule has 14 heavy (non-hydrogen) atoms. The highest BCUT2D eigenvalue weighted by molar-refractivity contribution is 8.07. The Labute approximate surface area is 90.8 Å². The van der Waals surface area contributed by atoms with Crippen LogP contribution in [0.2, 0.25) is 0 Å². The lowest BCUT2D eigenvalue weighted by atomic mass is 9.85. The third-order valence-electron chi connectivity index (χ3n) is 3.89. The number of hydrogen-bond acceptors (Lipinski definition) is 1. The highest BCUT2D eigenvalue weighted by Gasteiger charge is 2.40. The summed E-state index contributed by atoms with van der Waals surface area (Å²) in [6, 6.07) is 0. The van der Waals surface area contributed by atoms with Crippen LogP contribution in [0, 0.1) is 11.8 Å². The van der Waals surface area contributed by atoms with Gasteiger partial charge in [0.1, 0.15) is 0 Å². The van der Waals surface area contributed by atoms with Gasteiger partial charge < -0.3 is 0 Å². The Morgan fingerprint density at radius 3 is 3.07 bits per heavy atom. The van der Waals surface area contributed by atoms with Gasteiger partial charge in [0.25, 0.3) is 0 Å². The quantitative estimate of drug-likeness (QED) is 0.609. The minimum Gasteiger partial charge on any atom is -0.0987 e. The van der Waals surface area contributed by atoms with E-state index in [9.17, 15) is 0 Å². The lowest BCUT2D eigenvalue weighted by Gasteiger charge is -2.22. The van der Waals surface area contributed by atoms with Crippen LogP contribution in [0.4, 0.5) is 0 Å². The van der Waals surface area contributed by atoms with Crippen molar-refractivity contribution in [2.24, 2.45) is 11.8 Å². The molecule has 2 atom stereocenters. The first-order valence-electron chi connectivity index (χ1n) is 5.98. The van der Waals surface area contributed by atoms with E-state index in [4.69, 9.17) is 0 Å². The zero-order chi connectivity index (χ0) is 9.54. The Morgan fingerprint density at radius 2 is 2.21 bits per heavy atom. The Kier molecular flexibility index (Phi) is 2.24. The van der Waals surface area contributed by atoms with Gasteiger partial charge in [0, 0.05) is 6.42 Å².